The first kappa shape index (κ1) is 28.6. The molecule has 1 fully saturated rings. The molecule has 1 aliphatic heterocycles. The van der Waals surface area contributed by atoms with Crippen LogP contribution in [0.25, 0.3) is 23.0 Å². The molecule has 3 aromatic rings. The first-order valence-electron chi connectivity index (χ1n) is 11.6. The van der Waals surface area contributed by atoms with Gasteiger partial charge in [0.1, 0.15) is 6.17 Å². The monoisotopic (exact) mass is 570 g/mol. The van der Waals surface area contributed by atoms with Crippen LogP contribution in [-0.4, -0.2) is 39.4 Å². The maximum Gasteiger partial charge on any atom is 0.416 e. The fourth-order valence-corrected chi connectivity index (χ4v) is 4.92. The molecule has 4 rings (SSSR count). The van der Waals surface area contributed by atoms with E-state index < -0.39 is 46.9 Å². The van der Waals surface area contributed by atoms with Gasteiger partial charge in [-0.25, -0.2) is 18.7 Å². The minimum absolute atomic E-state index is 0.0171. The first-order chi connectivity index (χ1) is 18.3. The Bertz CT molecular complexity index is 1350. The van der Waals surface area contributed by atoms with Crippen LogP contribution in [0.15, 0.2) is 59.6 Å². The van der Waals surface area contributed by atoms with Crippen molar-refractivity contribution in [2.45, 2.75) is 36.3 Å². The number of piperidine rings is 1. The molecule has 1 saturated heterocycles. The topological polar surface area (TPSA) is 72.1 Å². The van der Waals surface area contributed by atoms with Crippen LogP contribution in [0.4, 0.5) is 30.7 Å². The highest BCUT2D eigenvalue weighted by molar-refractivity contribution is 7.97. The SMILES string of the molecule is NC(=O)/C(=C/c1ccnc(-c2cc(C(F)(F)F)cc(C(F)(F)F)c2)n1)c1cccc(SN2CCC(F)CC2)c1. The van der Waals surface area contributed by atoms with Crippen LogP contribution >= 0.6 is 11.9 Å². The zero-order valence-corrected chi connectivity index (χ0v) is 20.9. The number of nitrogens with two attached hydrogens (primary N) is 1. The third-order valence-corrected chi connectivity index (χ3v) is 6.93. The molecule has 0 bridgehead atoms. The van der Waals surface area contributed by atoms with Gasteiger partial charge in [-0.1, -0.05) is 12.1 Å². The Morgan fingerprint density at radius 1 is 0.974 bits per heavy atom. The number of primary amides is 1. The highest BCUT2D eigenvalue weighted by atomic mass is 32.2. The van der Waals surface area contributed by atoms with Crippen molar-refractivity contribution >= 4 is 29.5 Å². The fraction of sp³-hybridized carbons (Fsp3) is 0.269. The summed E-state index contributed by atoms with van der Waals surface area (Å²) in [5.41, 5.74) is 2.58. The van der Waals surface area contributed by atoms with E-state index in [1.807, 2.05) is 10.4 Å². The van der Waals surface area contributed by atoms with Gasteiger partial charge in [0.15, 0.2) is 5.82 Å². The molecule has 0 spiro atoms. The van der Waals surface area contributed by atoms with Crippen molar-refractivity contribution in [1.82, 2.24) is 14.3 Å². The van der Waals surface area contributed by atoms with Gasteiger partial charge in [0.25, 0.3) is 0 Å². The van der Waals surface area contributed by atoms with Crippen molar-refractivity contribution in [3.63, 3.8) is 0 Å². The van der Waals surface area contributed by atoms with E-state index in [-0.39, 0.29) is 17.3 Å². The molecular weight excluding hydrogens is 549 g/mol. The molecule has 2 N–H and O–H groups in total. The normalized spacial score (nSPS) is 15.9. The smallest absolute Gasteiger partial charge is 0.366 e. The average molecular weight is 571 g/mol. The van der Waals surface area contributed by atoms with Crippen molar-refractivity contribution in [3.05, 3.63) is 77.1 Å². The molecule has 0 unspecified atom stereocenters. The summed E-state index contributed by atoms with van der Waals surface area (Å²) in [6.07, 6.45) is -7.61. The summed E-state index contributed by atoms with van der Waals surface area (Å²) in [4.78, 5) is 21.0. The van der Waals surface area contributed by atoms with E-state index in [2.05, 4.69) is 9.97 Å². The van der Waals surface area contributed by atoms with Crippen molar-refractivity contribution in [1.29, 1.82) is 0 Å². The molecule has 2 heterocycles. The van der Waals surface area contributed by atoms with Gasteiger partial charge in [-0.2, -0.15) is 26.3 Å². The van der Waals surface area contributed by atoms with Crippen LogP contribution < -0.4 is 5.73 Å². The molecule has 5 nitrogen and oxygen atoms in total. The number of hydrogen-bond donors (Lipinski definition) is 1. The van der Waals surface area contributed by atoms with Crippen LogP contribution in [0.1, 0.15) is 35.2 Å². The third-order valence-electron chi connectivity index (χ3n) is 5.84. The summed E-state index contributed by atoms with van der Waals surface area (Å²) < 4.78 is 95.2. The van der Waals surface area contributed by atoms with E-state index in [0.717, 1.165) is 11.1 Å². The summed E-state index contributed by atoms with van der Waals surface area (Å²) >= 11 is 1.40. The Kier molecular flexibility index (Phi) is 8.31. The number of rotatable bonds is 6. The quantitative estimate of drug-likeness (QED) is 0.204. The summed E-state index contributed by atoms with van der Waals surface area (Å²) in [7, 11) is 0. The van der Waals surface area contributed by atoms with E-state index in [9.17, 15) is 35.5 Å². The highest BCUT2D eigenvalue weighted by Crippen LogP contribution is 2.38. The van der Waals surface area contributed by atoms with Crippen LogP contribution in [0, 0.1) is 0 Å². The van der Waals surface area contributed by atoms with E-state index >= 15 is 0 Å². The van der Waals surface area contributed by atoms with Crippen molar-refractivity contribution in [3.8, 4) is 11.4 Å². The number of hydrogen-bond acceptors (Lipinski definition) is 5. The summed E-state index contributed by atoms with van der Waals surface area (Å²) in [6, 6.07) is 9.24. The zero-order chi connectivity index (χ0) is 28.4. The molecule has 13 heteroatoms. The Hall–Kier alpha value is -3.45. The van der Waals surface area contributed by atoms with E-state index in [1.165, 1.54) is 24.1 Å². The largest absolute Gasteiger partial charge is 0.416 e. The van der Waals surface area contributed by atoms with Crippen molar-refractivity contribution in [2.75, 3.05) is 13.1 Å². The molecule has 0 radical (unpaired) electrons. The van der Waals surface area contributed by atoms with Gasteiger partial charge in [0.05, 0.1) is 16.8 Å². The molecule has 0 aliphatic carbocycles. The van der Waals surface area contributed by atoms with Gasteiger partial charge in [-0.3, -0.25) is 4.79 Å². The number of carbonyl (C=O) groups excluding carboxylic acids is 1. The Morgan fingerprint density at radius 2 is 1.62 bits per heavy atom. The molecule has 1 aliphatic rings. The maximum absolute atomic E-state index is 13.4. The maximum atomic E-state index is 13.4. The minimum Gasteiger partial charge on any atom is -0.366 e. The number of halogens is 7. The lowest BCUT2D eigenvalue weighted by Gasteiger charge is -2.27. The van der Waals surface area contributed by atoms with Crippen LogP contribution in [0.3, 0.4) is 0 Å². The lowest BCUT2D eigenvalue weighted by atomic mass is 10.0. The van der Waals surface area contributed by atoms with Crippen LogP contribution in [0.5, 0.6) is 0 Å². The van der Waals surface area contributed by atoms with E-state index in [1.54, 1.807) is 18.2 Å². The third kappa shape index (κ3) is 7.35. The molecule has 39 heavy (non-hydrogen) atoms. The van der Waals surface area contributed by atoms with Gasteiger partial charge >= 0.3 is 12.4 Å². The number of alkyl halides is 7. The second kappa shape index (κ2) is 11.3. The molecule has 0 saturated carbocycles. The molecule has 1 aromatic heterocycles. The number of benzene rings is 2. The number of aromatic nitrogens is 2. The minimum atomic E-state index is -5.03. The Morgan fingerprint density at radius 3 is 2.21 bits per heavy atom. The lowest BCUT2D eigenvalue weighted by Crippen LogP contribution is -2.29. The standard InChI is InChI=1S/C26H21F7N4OS/c27-19-5-8-37(9-6-19)39-21-3-1-2-15(12-21)22(23(34)38)14-20-4-7-35-24(36-20)16-10-17(25(28,29)30)13-18(11-16)26(31,32)33/h1-4,7,10-14,19H,5-6,8-9H2,(H2,34,38)/b22-14+. The predicted molar refractivity (Wildman–Crippen MR) is 133 cm³/mol. The molecule has 1 amide bonds. The van der Waals surface area contributed by atoms with Gasteiger partial charge in [0, 0.05) is 35.3 Å². The van der Waals surface area contributed by atoms with Crippen LogP contribution in [0.2, 0.25) is 0 Å². The number of amides is 1. The Labute approximate surface area is 223 Å². The van der Waals surface area contributed by atoms with Gasteiger partial charge in [-0.15, -0.1) is 0 Å². The summed E-state index contributed by atoms with van der Waals surface area (Å²) in [5.74, 6) is -1.22. The molecule has 2 aromatic carbocycles. The van der Waals surface area contributed by atoms with Crippen LogP contribution in [-0.2, 0) is 17.1 Å². The zero-order valence-electron chi connectivity index (χ0n) is 20.1. The molecular formula is C26H21F7N4OS. The molecule has 206 valence electrons. The second-order valence-corrected chi connectivity index (χ2v) is 9.92. The first-order valence-corrected chi connectivity index (χ1v) is 12.4. The van der Waals surface area contributed by atoms with E-state index in [0.29, 0.717) is 43.6 Å². The van der Waals surface area contributed by atoms with Crippen molar-refractivity contribution < 1.29 is 35.5 Å². The molecule has 0 atom stereocenters. The van der Waals surface area contributed by atoms with Gasteiger partial charge in [0.2, 0.25) is 5.91 Å². The predicted octanol–water partition coefficient (Wildman–Crippen LogP) is 6.65. The average Bonchev–Trinajstić information content (AvgIpc) is 2.87. The Balaban J connectivity index is 1.68. The second-order valence-electron chi connectivity index (χ2n) is 8.74. The van der Waals surface area contributed by atoms with Gasteiger partial charge in [-0.05, 0) is 72.8 Å². The van der Waals surface area contributed by atoms with E-state index in [4.69, 9.17) is 5.73 Å². The fourth-order valence-electron chi connectivity index (χ4n) is 3.91. The highest BCUT2D eigenvalue weighted by Gasteiger charge is 2.37. The number of nitrogens with zero attached hydrogens (tertiary/aromatic N) is 3. The summed E-state index contributed by atoms with van der Waals surface area (Å²) in [6.45, 7) is 1.12. The number of carbonyl (C=O) groups is 1. The van der Waals surface area contributed by atoms with Crippen molar-refractivity contribution in [2.24, 2.45) is 5.73 Å². The lowest BCUT2D eigenvalue weighted by molar-refractivity contribution is -0.143. The summed E-state index contributed by atoms with van der Waals surface area (Å²) in [5, 5.41) is 0. The van der Waals surface area contributed by atoms with Gasteiger partial charge < -0.3 is 5.73 Å².